The lowest BCUT2D eigenvalue weighted by Crippen LogP contribution is -2.36. The molecule has 1 aromatic carbocycles. The van der Waals surface area contributed by atoms with E-state index in [1.807, 2.05) is 0 Å². The third-order valence-corrected chi connectivity index (χ3v) is 5.16. The molecule has 1 fully saturated rings. The Morgan fingerprint density at radius 3 is 2.35 bits per heavy atom. The van der Waals surface area contributed by atoms with Gasteiger partial charge in [0.1, 0.15) is 0 Å². The Morgan fingerprint density at radius 1 is 1.10 bits per heavy atom. The smallest absolute Gasteiger partial charge is 0.212 e. The van der Waals surface area contributed by atoms with E-state index in [4.69, 9.17) is 0 Å². The molecule has 0 atom stereocenters. The van der Waals surface area contributed by atoms with Gasteiger partial charge in [0.15, 0.2) is 0 Å². The van der Waals surface area contributed by atoms with Gasteiger partial charge in [-0.25, -0.2) is 12.7 Å². The number of piperidine rings is 1. The van der Waals surface area contributed by atoms with Gasteiger partial charge in [-0.3, -0.25) is 0 Å². The van der Waals surface area contributed by atoms with Gasteiger partial charge in [-0.15, -0.1) is 0 Å². The van der Waals surface area contributed by atoms with Gasteiger partial charge in [-0.05, 0) is 24.5 Å². The molecule has 2 rings (SSSR count). The van der Waals surface area contributed by atoms with E-state index in [0.29, 0.717) is 13.1 Å². The molecule has 0 amide bonds. The monoisotopic (exact) mass is 307 g/mol. The molecule has 0 spiro atoms. The van der Waals surface area contributed by atoms with E-state index in [9.17, 15) is 21.6 Å². The topological polar surface area (TPSA) is 37.4 Å². The van der Waals surface area contributed by atoms with Crippen LogP contribution in [0.15, 0.2) is 24.3 Å². The van der Waals surface area contributed by atoms with Crippen LogP contribution in [0.4, 0.5) is 13.2 Å². The number of hydrogen-bond donors (Lipinski definition) is 0. The van der Waals surface area contributed by atoms with Crippen molar-refractivity contribution in [3.05, 3.63) is 35.4 Å². The van der Waals surface area contributed by atoms with E-state index in [-0.39, 0.29) is 11.3 Å². The number of halogens is 3. The Kier molecular flexibility index (Phi) is 4.39. The first-order valence-corrected chi connectivity index (χ1v) is 8.04. The van der Waals surface area contributed by atoms with Gasteiger partial charge >= 0.3 is 6.18 Å². The SMILES string of the molecule is O=S(=O)(Cc1cccc(C(F)(F)F)c1)N1CCCCC1. The van der Waals surface area contributed by atoms with Crippen LogP contribution in [0.2, 0.25) is 0 Å². The third-order valence-electron chi connectivity index (χ3n) is 3.31. The van der Waals surface area contributed by atoms with Crippen molar-refractivity contribution in [1.29, 1.82) is 0 Å². The Bertz CT molecular complexity index is 563. The van der Waals surface area contributed by atoms with E-state index in [1.165, 1.54) is 16.4 Å². The zero-order valence-electron chi connectivity index (χ0n) is 10.9. The molecule has 1 aliphatic rings. The zero-order valence-corrected chi connectivity index (χ0v) is 11.7. The maximum atomic E-state index is 12.6. The van der Waals surface area contributed by atoms with Crippen molar-refractivity contribution in [3.8, 4) is 0 Å². The van der Waals surface area contributed by atoms with Crippen molar-refractivity contribution in [3.63, 3.8) is 0 Å². The number of nitrogens with zero attached hydrogens (tertiary/aromatic N) is 1. The molecule has 0 aliphatic carbocycles. The molecule has 112 valence electrons. The summed E-state index contributed by atoms with van der Waals surface area (Å²) in [5.41, 5.74) is -0.644. The second-order valence-corrected chi connectivity index (χ2v) is 6.88. The Labute approximate surface area is 116 Å². The molecule has 0 radical (unpaired) electrons. The molecule has 1 heterocycles. The highest BCUT2D eigenvalue weighted by molar-refractivity contribution is 7.88. The first-order chi connectivity index (χ1) is 9.29. The van der Waals surface area contributed by atoms with E-state index >= 15 is 0 Å². The largest absolute Gasteiger partial charge is 0.416 e. The van der Waals surface area contributed by atoms with Crippen molar-refractivity contribution >= 4 is 10.0 Å². The van der Waals surface area contributed by atoms with E-state index in [0.717, 1.165) is 31.4 Å². The normalized spacial score (nSPS) is 18.1. The average molecular weight is 307 g/mol. The van der Waals surface area contributed by atoms with Crippen LogP contribution in [0.1, 0.15) is 30.4 Å². The van der Waals surface area contributed by atoms with E-state index in [1.54, 1.807) is 0 Å². The van der Waals surface area contributed by atoms with Crippen LogP contribution in [0.25, 0.3) is 0 Å². The summed E-state index contributed by atoms with van der Waals surface area (Å²) in [5, 5.41) is 0. The second kappa shape index (κ2) is 5.73. The van der Waals surface area contributed by atoms with E-state index < -0.39 is 21.8 Å². The first-order valence-electron chi connectivity index (χ1n) is 6.43. The first kappa shape index (κ1) is 15.3. The lowest BCUT2D eigenvalue weighted by molar-refractivity contribution is -0.137. The fourth-order valence-electron chi connectivity index (χ4n) is 2.28. The molecule has 20 heavy (non-hydrogen) atoms. The predicted molar refractivity (Wildman–Crippen MR) is 69.5 cm³/mol. The van der Waals surface area contributed by atoms with Crippen LogP contribution in [0.3, 0.4) is 0 Å². The van der Waals surface area contributed by atoms with Gasteiger partial charge in [0.25, 0.3) is 0 Å². The fraction of sp³-hybridized carbons (Fsp3) is 0.538. The maximum Gasteiger partial charge on any atom is 0.416 e. The highest BCUT2D eigenvalue weighted by Crippen LogP contribution is 2.30. The van der Waals surface area contributed by atoms with Crippen molar-refractivity contribution < 1.29 is 21.6 Å². The summed E-state index contributed by atoms with van der Waals surface area (Å²) >= 11 is 0. The third kappa shape index (κ3) is 3.73. The molecule has 1 aromatic rings. The van der Waals surface area contributed by atoms with Gasteiger partial charge in [-0.2, -0.15) is 13.2 Å². The molecule has 0 unspecified atom stereocenters. The standard InChI is InChI=1S/C13H16F3NO2S/c14-13(15,16)12-6-4-5-11(9-12)10-20(18,19)17-7-2-1-3-8-17/h4-6,9H,1-3,7-8,10H2. The van der Waals surface area contributed by atoms with Crippen molar-refractivity contribution in [2.24, 2.45) is 0 Å². The van der Waals surface area contributed by atoms with Gasteiger partial charge in [0.05, 0.1) is 11.3 Å². The van der Waals surface area contributed by atoms with Gasteiger partial charge < -0.3 is 0 Å². The molecule has 1 saturated heterocycles. The molecular formula is C13H16F3NO2S. The summed E-state index contributed by atoms with van der Waals surface area (Å²) in [6, 6.07) is 4.50. The lowest BCUT2D eigenvalue weighted by Gasteiger charge is -2.26. The summed E-state index contributed by atoms with van der Waals surface area (Å²) in [7, 11) is -3.53. The van der Waals surface area contributed by atoms with Gasteiger partial charge in [0.2, 0.25) is 10.0 Å². The van der Waals surface area contributed by atoms with Crippen molar-refractivity contribution in [2.75, 3.05) is 13.1 Å². The molecule has 0 aromatic heterocycles. The minimum Gasteiger partial charge on any atom is -0.212 e. The Hall–Kier alpha value is -1.08. The molecule has 1 aliphatic heterocycles. The van der Waals surface area contributed by atoms with Crippen molar-refractivity contribution in [2.45, 2.75) is 31.2 Å². The minimum atomic E-state index is -4.45. The van der Waals surface area contributed by atoms with Crippen LogP contribution in [0.5, 0.6) is 0 Å². The van der Waals surface area contributed by atoms with Gasteiger partial charge in [0, 0.05) is 13.1 Å². The summed E-state index contributed by atoms with van der Waals surface area (Å²) in [6.07, 6.45) is -1.84. The van der Waals surface area contributed by atoms with E-state index in [2.05, 4.69) is 0 Å². The second-order valence-electron chi connectivity index (χ2n) is 4.91. The minimum absolute atomic E-state index is 0.172. The molecule has 0 saturated carbocycles. The van der Waals surface area contributed by atoms with Gasteiger partial charge in [-0.1, -0.05) is 24.6 Å². The van der Waals surface area contributed by atoms with Crippen LogP contribution >= 0.6 is 0 Å². The number of alkyl halides is 3. The molecule has 0 bridgehead atoms. The van der Waals surface area contributed by atoms with Crippen molar-refractivity contribution in [1.82, 2.24) is 4.31 Å². The molecule has 3 nitrogen and oxygen atoms in total. The summed E-state index contributed by atoms with van der Waals surface area (Å²) in [4.78, 5) is 0. The van der Waals surface area contributed by atoms with Crippen LogP contribution in [0, 0.1) is 0 Å². The van der Waals surface area contributed by atoms with Crippen LogP contribution in [-0.4, -0.2) is 25.8 Å². The van der Waals surface area contributed by atoms with Crippen LogP contribution in [-0.2, 0) is 22.0 Å². The average Bonchev–Trinajstić information content (AvgIpc) is 2.38. The van der Waals surface area contributed by atoms with Crippen LogP contribution < -0.4 is 0 Å². The summed E-state index contributed by atoms with van der Waals surface area (Å²) in [5.74, 6) is -0.378. The summed E-state index contributed by atoms with van der Waals surface area (Å²) < 4.78 is 63.5. The highest BCUT2D eigenvalue weighted by atomic mass is 32.2. The lowest BCUT2D eigenvalue weighted by atomic mass is 10.1. The molecular weight excluding hydrogens is 291 g/mol. The summed E-state index contributed by atoms with van der Waals surface area (Å²) in [6.45, 7) is 0.919. The molecule has 0 N–H and O–H groups in total. The Morgan fingerprint density at radius 2 is 1.75 bits per heavy atom. The quantitative estimate of drug-likeness (QED) is 0.861. The number of hydrogen-bond acceptors (Lipinski definition) is 2. The maximum absolute atomic E-state index is 12.6. The Balaban J connectivity index is 2.17. The number of rotatable bonds is 3. The highest BCUT2D eigenvalue weighted by Gasteiger charge is 2.31. The number of benzene rings is 1. The molecule has 7 heteroatoms. The number of sulfonamides is 1. The predicted octanol–water partition coefficient (Wildman–Crippen LogP) is 3.02. The fourth-order valence-corrected chi connectivity index (χ4v) is 3.88. The zero-order chi connectivity index (χ0) is 14.8.